The second-order valence-corrected chi connectivity index (χ2v) is 5.13. The smallest absolute Gasteiger partial charge is 0.411 e. The van der Waals surface area contributed by atoms with E-state index in [4.69, 9.17) is 4.74 Å². The predicted molar refractivity (Wildman–Crippen MR) is 92.9 cm³/mol. The molecule has 130 valence electrons. The maximum atomic E-state index is 12.3. The molecule has 25 heavy (non-hydrogen) atoms. The summed E-state index contributed by atoms with van der Waals surface area (Å²) in [6, 6.07) is 10.4. The quantitative estimate of drug-likeness (QED) is 0.635. The maximum absolute atomic E-state index is 12.3. The highest BCUT2D eigenvalue weighted by Gasteiger charge is 2.12. The topological polar surface area (TPSA) is 111 Å². The first kappa shape index (κ1) is 17.9. The molecule has 0 unspecified atom stereocenters. The minimum atomic E-state index is -0.577. The van der Waals surface area contributed by atoms with Crippen LogP contribution in [0.1, 0.15) is 22.8 Å². The number of nitrogens with one attached hydrogen (secondary N) is 2. The monoisotopic (exact) mass is 343 g/mol. The van der Waals surface area contributed by atoms with E-state index in [9.17, 15) is 19.7 Å². The number of nitrogens with zero attached hydrogens (tertiary/aromatic N) is 1. The summed E-state index contributed by atoms with van der Waals surface area (Å²) in [5, 5.41) is 16.0. The largest absolute Gasteiger partial charge is 0.450 e. The molecule has 0 bridgehead atoms. The Bertz CT molecular complexity index is 802. The minimum Gasteiger partial charge on any atom is -0.450 e. The summed E-state index contributed by atoms with van der Waals surface area (Å²) >= 11 is 0. The summed E-state index contributed by atoms with van der Waals surface area (Å²) in [6.07, 6.45) is -0.577. The zero-order valence-electron chi connectivity index (χ0n) is 13.7. The van der Waals surface area contributed by atoms with E-state index in [1.165, 1.54) is 24.3 Å². The third kappa shape index (κ3) is 4.77. The molecular formula is C17H17N3O5. The Balaban J connectivity index is 2.10. The van der Waals surface area contributed by atoms with E-state index in [-0.39, 0.29) is 12.3 Å². The first-order valence-corrected chi connectivity index (χ1v) is 7.51. The summed E-state index contributed by atoms with van der Waals surface area (Å²) < 4.78 is 4.76. The van der Waals surface area contributed by atoms with E-state index in [0.717, 1.165) is 0 Å². The van der Waals surface area contributed by atoms with E-state index in [0.29, 0.717) is 22.5 Å². The molecule has 0 aliphatic rings. The Morgan fingerprint density at radius 2 is 1.80 bits per heavy atom. The van der Waals surface area contributed by atoms with Gasteiger partial charge in [-0.05, 0) is 43.7 Å². The molecule has 2 amide bonds. The fraction of sp³-hybridized carbons (Fsp3) is 0.176. The standard InChI is InChI=1S/C17H17N3O5/c1-3-25-17(22)18-13-7-5-12(6-8-13)16(21)19-15-10-14(20(23)24)9-4-11(15)2/h4-10H,3H2,1-2H3,(H,18,22)(H,19,21). The van der Waals surface area contributed by atoms with Crippen molar-refractivity contribution in [2.75, 3.05) is 17.2 Å². The van der Waals surface area contributed by atoms with Crippen molar-refractivity contribution >= 4 is 29.1 Å². The predicted octanol–water partition coefficient (Wildman–Crippen LogP) is 3.72. The fourth-order valence-corrected chi connectivity index (χ4v) is 2.04. The molecule has 0 radical (unpaired) electrons. The number of nitro benzene ring substituents is 1. The van der Waals surface area contributed by atoms with Crippen LogP contribution in [-0.2, 0) is 4.74 Å². The van der Waals surface area contributed by atoms with Crippen molar-refractivity contribution in [1.82, 2.24) is 0 Å². The normalized spacial score (nSPS) is 10.0. The second kappa shape index (κ2) is 7.91. The van der Waals surface area contributed by atoms with Gasteiger partial charge < -0.3 is 10.1 Å². The molecule has 2 aromatic rings. The highest BCUT2D eigenvalue weighted by molar-refractivity contribution is 6.05. The van der Waals surface area contributed by atoms with Crippen LogP contribution in [0.5, 0.6) is 0 Å². The lowest BCUT2D eigenvalue weighted by molar-refractivity contribution is -0.384. The first-order valence-electron chi connectivity index (χ1n) is 7.51. The van der Waals surface area contributed by atoms with Gasteiger partial charge in [0.1, 0.15) is 0 Å². The van der Waals surface area contributed by atoms with Gasteiger partial charge in [0.2, 0.25) is 0 Å². The van der Waals surface area contributed by atoms with Crippen molar-refractivity contribution < 1.29 is 19.2 Å². The average Bonchev–Trinajstić information content (AvgIpc) is 2.57. The number of amides is 2. The number of anilines is 2. The molecule has 0 atom stereocenters. The van der Waals surface area contributed by atoms with E-state index in [1.54, 1.807) is 32.0 Å². The van der Waals surface area contributed by atoms with Gasteiger partial charge in [-0.1, -0.05) is 6.07 Å². The van der Waals surface area contributed by atoms with Crippen LogP contribution in [0.4, 0.5) is 21.9 Å². The number of hydrogen-bond acceptors (Lipinski definition) is 5. The number of non-ortho nitro benzene ring substituents is 1. The number of hydrogen-bond donors (Lipinski definition) is 2. The number of ether oxygens (including phenoxy) is 1. The van der Waals surface area contributed by atoms with Crippen LogP contribution in [0.25, 0.3) is 0 Å². The first-order chi connectivity index (χ1) is 11.9. The molecule has 0 saturated heterocycles. The molecule has 2 aromatic carbocycles. The molecule has 0 heterocycles. The molecular weight excluding hydrogens is 326 g/mol. The summed E-state index contributed by atoms with van der Waals surface area (Å²) in [7, 11) is 0. The molecule has 0 aliphatic heterocycles. The minimum absolute atomic E-state index is 0.102. The van der Waals surface area contributed by atoms with Crippen molar-refractivity contribution in [2.45, 2.75) is 13.8 Å². The average molecular weight is 343 g/mol. The van der Waals surface area contributed by atoms with Gasteiger partial charge in [-0.15, -0.1) is 0 Å². The number of carbonyl (C=O) groups excluding carboxylic acids is 2. The van der Waals surface area contributed by atoms with Gasteiger partial charge in [0.05, 0.1) is 17.2 Å². The Hall–Kier alpha value is -3.42. The van der Waals surface area contributed by atoms with Gasteiger partial charge in [0, 0.05) is 23.4 Å². The molecule has 8 heteroatoms. The molecule has 8 nitrogen and oxygen atoms in total. The van der Waals surface area contributed by atoms with Crippen LogP contribution in [0, 0.1) is 17.0 Å². The molecule has 0 fully saturated rings. The van der Waals surface area contributed by atoms with Crippen LogP contribution >= 0.6 is 0 Å². The van der Waals surface area contributed by atoms with Gasteiger partial charge in [-0.2, -0.15) is 0 Å². The van der Waals surface area contributed by atoms with Crippen molar-refractivity contribution in [2.24, 2.45) is 0 Å². The van der Waals surface area contributed by atoms with Crippen molar-refractivity contribution in [1.29, 1.82) is 0 Å². The Morgan fingerprint density at radius 3 is 2.40 bits per heavy atom. The summed E-state index contributed by atoms with van der Waals surface area (Å²) in [5.41, 5.74) is 1.81. The molecule has 0 aliphatic carbocycles. The second-order valence-electron chi connectivity index (χ2n) is 5.13. The lowest BCUT2D eigenvalue weighted by atomic mass is 10.1. The maximum Gasteiger partial charge on any atom is 0.411 e. The zero-order chi connectivity index (χ0) is 18.4. The number of aryl methyl sites for hydroxylation is 1. The van der Waals surface area contributed by atoms with Crippen molar-refractivity contribution in [3.8, 4) is 0 Å². The van der Waals surface area contributed by atoms with Gasteiger partial charge in [-0.25, -0.2) is 4.79 Å². The third-order valence-corrected chi connectivity index (χ3v) is 3.35. The zero-order valence-corrected chi connectivity index (χ0v) is 13.7. The van der Waals surface area contributed by atoms with Gasteiger partial charge >= 0.3 is 6.09 Å². The Morgan fingerprint density at radius 1 is 1.12 bits per heavy atom. The highest BCUT2D eigenvalue weighted by atomic mass is 16.6. The van der Waals surface area contributed by atoms with Gasteiger partial charge in [0.15, 0.2) is 0 Å². The molecule has 0 spiro atoms. The van der Waals surface area contributed by atoms with E-state index in [1.807, 2.05) is 0 Å². The Kier molecular flexibility index (Phi) is 5.67. The van der Waals surface area contributed by atoms with E-state index >= 15 is 0 Å². The Labute approximate surface area is 144 Å². The van der Waals surface area contributed by atoms with Gasteiger partial charge in [0.25, 0.3) is 11.6 Å². The molecule has 2 rings (SSSR count). The van der Waals surface area contributed by atoms with Crippen LogP contribution < -0.4 is 10.6 Å². The highest BCUT2D eigenvalue weighted by Crippen LogP contribution is 2.22. The van der Waals surface area contributed by atoms with Crippen LogP contribution in [-0.4, -0.2) is 23.5 Å². The summed E-state index contributed by atoms with van der Waals surface area (Å²) in [4.78, 5) is 33.9. The summed E-state index contributed by atoms with van der Waals surface area (Å²) in [6.45, 7) is 3.70. The van der Waals surface area contributed by atoms with Crippen LogP contribution in [0.2, 0.25) is 0 Å². The fourth-order valence-electron chi connectivity index (χ4n) is 2.04. The van der Waals surface area contributed by atoms with Crippen LogP contribution in [0.15, 0.2) is 42.5 Å². The van der Waals surface area contributed by atoms with Gasteiger partial charge in [-0.3, -0.25) is 20.2 Å². The van der Waals surface area contributed by atoms with Crippen molar-refractivity contribution in [3.05, 3.63) is 63.7 Å². The molecule has 0 saturated carbocycles. The van der Waals surface area contributed by atoms with Crippen LogP contribution in [0.3, 0.4) is 0 Å². The third-order valence-electron chi connectivity index (χ3n) is 3.35. The molecule has 0 aromatic heterocycles. The van der Waals surface area contributed by atoms with E-state index < -0.39 is 16.9 Å². The number of benzene rings is 2. The van der Waals surface area contributed by atoms with E-state index in [2.05, 4.69) is 10.6 Å². The number of carbonyl (C=O) groups is 2. The number of nitro groups is 1. The SMILES string of the molecule is CCOC(=O)Nc1ccc(C(=O)Nc2cc([N+](=O)[O-])ccc2C)cc1. The summed E-state index contributed by atoms with van der Waals surface area (Å²) in [5.74, 6) is -0.411. The lowest BCUT2D eigenvalue weighted by Crippen LogP contribution is -2.15. The van der Waals surface area contributed by atoms with Crippen molar-refractivity contribution in [3.63, 3.8) is 0 Å². The molecule has 2 N–H and O–H groups in total. The lowest BCUT2D eigenvalue weighted by Gasteiger charge is -2.09. The number of rotatable bonds is 5.